The molecule has 2 aromatic heterocycles. The molecule has 1 N–H and O–H groups in total. The lowest BCUT2D eigenvalue weighted by Crippen LogP contribution is -2.32. The highest BCUT2D eigenvalue weighted by Gasteiger charge is 2.35. The Kier molecular flexibility index (Phi) is 4.96. The van der Waals surface area contributed by atoms with Crippen molar-refractivity contribution < 1.29 is 13.6 Å². The molecule has 0 saturated heterocycles. The first-order chi connectivity index (χ1) is 13.1. The zero-order valence-electron chi connectivity index (χ0n) is 14.1. The number of nitrogens with one attached hydrogen (secondary N) is 1. The van der Waals surface area contributed by atoms with Crippen molar-refractivity contribution in [3.05, 3.63) is 75.6 Å². The fraction of sp³-hybridized carbons (Fsp3) is 0.158. The van der Waals surface area contributed by atoms with Crippen LogP contribution in [0.15, 0.2) is 63.6 Å². The minimum absolute atomic E-state index is 0.100. The van der Waals surface area contributed by atoms with Crippen LogP contribution < -0.4 is 5.32 Å². The molecule has 27 heavy (non-hydrogen) atoms. The van der Waals surface area contributed by atoms with Gasteiger partial charge in [0.05, 0.1) is 29.1 Å². The van der Waals surface area contributed by atoms with E-state index in [4.69, 9.17) is 16.0 Å². The summed E-state index contributed by atoms with van der Waals surface area (Å²) >= 11 is 7.32. The monoisotopic (exact) mass is 403 g/mol. The number of carbonyl (C=O) groups is 1. The number of hydrazone groups is 1. The van der Waals surface area contributed by atoms with Crippen LogP contribution in [0, 0.1) is 5.82 Å². The maximum absolute atomic E-state index is 13.9. The molecule has 1 unspecified atom stereocenters. The molecule has 1 amide bonds. The van der Waals surface area contributed by atoms with Crippen molar-refractivity contribution >= 4 is 40.2 Å². The number of amides is 1. The van der Waals surface area contributed by atoms with Gasteiger partial charge in [0.1, 0.15) is 17.6 Å². The Morgan fingerprint density at radius 1 is 1.37 bits per heavy atom. The predicted octanol–water partition coefficient (Wildman–Crippen LogP) is 4.92. The van der Waals surface area contributed by atoms with Crippen LogP contribution >= 0.6 is 22.9 Å². The number of hydrogen-bond donors (Lipinski definition) is 1. The number of hydrogen-bond acceptors (Lipinski definition) is 5. The Bertz CT molecular complexity index is 973. The average molecular weight is 404 g/mol. The van der Waals surface area contributed by atoms with Crippen molar-refractivity contribution in [2.45, 2.75) is 12.5 Å². The van der Waals surface area contributed by atoms with Crippen LogP contribution in [-0.2, 0) is 4.79 Å². The summed E-state index contributed by atoms with van der Waals surface area (Å²) in [4.78, 5) is 13.8. The van der Waals surface area contributed by atoms with E-state index in [0.29, 0.717) is 17.2 Å². The van der Waals surface area contributed by atoms with Gasteiger partial charge in [0.15, 0.2) is 0 Å². The van der Waals surface area contributed by atoms with Gasteiger partial charge in [-0.25, -0.2) is 9.40 Å². The molecule has 1 atom stereocenters. The first kappa shape index (κ1) is 17.8. The van der Waals surface area contributed by atoms with E-state index in [-0.39, 0.29) is 24.2 Å². The van der Waals surface area contributed by atoms with E-state index in [1.807, 2.05) is 23.6 Å². The van der Waals surface area contributed by atoms with Crippen molar-refractivity contribution in [1.82, 2.24) is 5.01 Å². The van der Waals surface area contributed by atoms with E-state index in [9.17, 15) is 9.18 Å². The molecule has 4 rings (SSSR count). The van der Waals surface area contributed by atoms with Crippen LogP contribution in [0.3, 0.4) is 0 Å². The van der Waals surface area contributed by atoms with Gasteiger partial charge in [-0.1, -0.05) is 17.7 Å². The molecule has 1 aliphatic rings. The molecule has 138 valence electrons. The van der Waals surface area contributed by atoms with E-state index in [1.54, 1.807) is 29.7 Å². The number of nitrogens with zero attached hydrogens (tertiary/aromatic N) is 2. The lowest BCUT2D eigenvalue weighted by atomic mass is 10.1. The quantitative estimate of drug-likeness (QED) is 0.657. The summed E-state index contributed by atoms with van der Waals surface area (Å²) in [7, 11) is 0. The standard InChI is InChI=1S/C19H15ClFN3O2S/c20-12-5-6-14(13(21)9-12)22-11-19(25)24-16(17-3-1-7-26-17)10-15(23-24)18-4-2-8-27-18/h1-9,16,22H,10-11H2. The Hall–Kier alpha value is -2.64. The van der Waals surface area contributed by atoms with Gasteiger partial charge in [-0.2, -0.15) is 5.10 Å². The molecular formula is C19H15ClFN3O2S. The first-order valence-electron chi connectivity index (χ1n) is 8.27. The van der Waals surface area contributed by atoms with E-state index in [0.717, 1.165) is 10.6 Å². The summed E-state index contributed by atoms with van der Waals surface area (Å²) in [6.45, 7) is -0.100. The van der Waals surface area contributed by atoms with Gasteiger partial charge in [0, 0.05) is 11.4 Å². The number of anilines is 1. The number of thiophene rings is 1. The molecular weight excluding hydrogens is 389 g/mol. The van der Waals surface area contributed by atoms with E-state index in [2.05, 4.69) is 10.4 Å². The van der Waals surface area contributed by atoms with Crippen LogP contribution in [-0.4, -0.2) is 23.2 Å². The largest absolute Gasteiger partial charge is 0.467 e. The third-order valence-electron chi connectivity index (χ3n) is 4.20. The van der Waals surface area contributed by atoms with Crippen molar-refractivity contribution in [2.24, 2.45) is 5.10 Å². The van der Waals surface area contributed by atoms with Crippen LogP contribution in [0.4, 0.5) is 10.1 Å². The highest BCUT2D eigenvalue weighted by Crippen LogP contribution is 2.34. The SMILES string of the molecule is O=C(CNc1ccc(Cl)cc1F)N1N=C(c2cccs2)CC1c1ccco1. The Labute approximate surface area is 164 Å². The second-order valence-corrected chi connectivity index (χ2v) is 7.36. The minimum atomic E-state index is -0.512. The van der Waals surface area contributed by atoms with Crippen LogP contribution in [0.2, 0.25) is 5.02 Å². The number of carbonyl (C=O) groups excluding carboxylic acids is 1. The van der Waals surface area contributed by atoms with E-state index >= 15 is 0 Å². The van der Waals surface area contributed by atoms with Crippen LogP contribution in [0.25, 0.3) is 0 Å². The first-order valence-corrected chi connectivity index (χ1v) is 9.53. The highest BCUT2D eigenvalue weighted by atomic mass is 35.5. The van der Waals surface area contributed by atoms with E-state index in [1.165, 1.54) is 17.1 Å². The molecule has 5 nitrogen and oxygen atoms in total. The van der Waals surface area contributed by atoms with E-state index < -0.39 is 5.82 Å². The molecule has 3 heterocycles. The molecule has 8 heteroatoms. The minimum Gasteiger partial charge on any atom is -0.467 e. The number of furan rings is 1. The third-order valence-corrected chi connectivity index (χ3v) is 5.36. The molecule has 0 saturated carbocycles. The van der Waals surface area contributed by atoms with Gasteiger partial charge < -0.3 is 9.73 Å². The van der Waals surface area contributed by atoms with Gasteiger partial charge >= 0.3 is 0 Å². The molecule has 0 fully saturated rings. The molecule has 0 spiro atoms. The van der Waals surface area contributed by atoms with Gasteiger partial charge in [-0.05, 0) is 41.8 Å². The fourth-order valence-electron chi connectivity index (χ4n) is 2.92. The smallest absolute Gasteiger partial charge is 0.262 e. The zero-order chi connectivity index (χ0) is 18.8. The summed E-state index contributed by atoms with van der Waals surface area (Å²) in [5.41, 5.74) is 1.04. The third kappa shape index (κ3) is 3.74. The lowest BCUT2D eigenvalue weighted by molar-refractivity contribution is -0.131. The second kappa shape index (κ2) is 7.54. The number of benzene rings is 1. The van der Waals surface area contributed by atoms with Crippen molar-refractivity contribution in [3.8, 4) is 0 Å². The van der Waals surface area contributed by atoms with Crippen molar-refractivity contribution in [1.29, 1.82) is 0 Å². The highest BCUT2D eigenvalue weighted by molar-refractivity contribution is 7.12. The summed E-state index contributed by atoms with van der Waals surface area (Å²) < 4.78 is 19.4. The maximum atomic E-state index is 13.9. The summed E-state index contributed by atoms with van der Waals surface area (Å²) in [6, 6.07) is 11.5. The topological polar surface area (TPSA) is 57.8 Å². The van der Waals surface area contributed by atoms with Crippen LogP contribution in [0.5, 0.6) is 0 Å². The van der Waals surface area contributed by atoms with Gasteiger partial charge in [-0.15, -0.1) is 11.3 Å². The zero-order valence-corrected chi connectivity index (χ0v) is 15.6. The average Bonchev–Trinajstić information content (AvgIpc) is 3.40. The van der Waals surface area contributed by atoms with Crippen molar-refractivity contribution in [2.75, 3.05) is 11.9 Å². The van der Waals surface area contributed by atoms with Gasteiger partial charge in [-0.3, -0.25) is 4.79 Å². The summed E-state index contributed by atoms with van der Waals surface area (Å²) in [5, 5.41) is 11.0. The lowest BCUT2D eigenvalue weighted by Gasteiger charge is -2.20. The maximum Gasteiger partial charge on any atom is 0.262 e. The molecule has 3 aromatic rings. The fourth-order valence-corrected chi connectivity index (χ4v) is 3.80. The molecule has 0 aliphatic carbocycles. The van der Waals surface area contributed by atoms with Crippen molar-refractivity contribution in [3.63, 3.8) is 0 Å². The number of rotatable bonds is 5. The Balaban J connectivity index is 1.53. The Morgan fingerprint density at radius 3 is 2.96 bits per heavy atom. The molecule has 0 bridgehead atoms. The molecule has 1 aromatic carbocycles. The molecule has 0 radical (unpaired) electrons. The Morgan fingerprint density at radius 2 is 2.26 bits per heavy atom. The van der Waals surface area contributed by atoms with Gasteiger partial charge in [0.2, 0.25) is 0 Å². The normalized spacial score (nSPS) is 16.4. The predicted molar refractivity (Wildman–Crippen MR) is 104 cm³/mol. The molecule has 1 aliphatic heterocycles. The summed E-state index contributed by atoms with van der Waals surface area (Å²) in [5.74, 6) is -0.129. The second-order valence-electron chi connectivity index (χ2n) is 5.98. The van der Waals surface area contributed by atoms with Gasteiger partial charge in [0.25, 0.3) is 5.91 Å². The summed E-state index contributed by atoms with van der Waals surface area (Å²) in [6.07, 6.45) is 2.14. The number of halogens is 2. The van der Waals surface area contributed by atoms with Crippen LogP contribution in [0.1, 0.15) is 23.1 Å².